The molecule has 0 aliphatic carbocycles. The second-order valence-corrected chi connectivity index (χ2v) is 2.99. The van der Waals surface area contributed by atoms with Gasteiger partial charge in [-0.25, -0.2) is 0 Å². The summed E-state index contributed by atoms with van der Waals surface area (Å²) in [5, 5.41) is 13.4. The molecule has 0 saturated carbocycles. The molecule has 0 aliphatic heterocycles. The van der Waals surface area contributed by atoms with Gasteiger partial charge in [-0.05, 0) is 6.07 Å². The molecule has 84 valence electrons. The highest BCUT2D eigenvalue weighted by molar-refractivity contribution is 5.74. The Morgan fingerprint density at radius 2 is 2.53 bits per heavy atom. The summed E-state index contributed by atoms with van der Waals surface area (Å²) in [6.07, 6.45) is 2.73. The molecule has 1 rings (SSSR count). The van der Waals surface area contributed by atoms with Gasteiger partial charge in [0.15, 0.2) is 0 Å². The molecule has 0 radical (unpaired) electrons. The van der Waals surface area contributed by atoms with Crippen molar-refractivity contribution in [3.05, 3.63) is 18.5 Å². The number of carbonyl (C=O) groups is 1. The van der Waals surface area contributed by atoms with Gasteiger partial charge in [0.05, 0.1) is 12.6 Å². The third kappa shape index (κ3) is 5.11. The van der Waals surface area contributed by atoms with Crippen molar-refractivity contribution >= 4 is 5.91 Å². The molecule has 0 saturated heterocycles. The molecule has 1 heterocycles. The predicted molar refractivity (Wildman–Crippen MR) is 51.4 cm³/mol. The number of carbonyl (C=O) groups excluding carboxylic acids is 1. The SMILES string of the molecule is NC(=O)CONCC(O)Cn1cccn1. The quantitative estimate of drug-likeness (QED) is 0.369. The molecule has 0 spiro atoms. The molecule has 0 fully saturated rings. The van der Waals surface area contributed by atoms with Crippen LogP contribution in [0.2, 0.25) is 0 Å². The Balaban J connectivity index is 2.08. The van der Waals surface area contributed by atoms with Crippen molar-refractivity contribution in [3.8, 4) is 0 Å². The summed E-state index contributed by atoms with van der Waals surface area (Å²) in [5.74, 6) is -0.566. The highest BCUT2D eigenvalue weighted by atomic mass is 16.6. The maximum Gasteiger partial charge on any atom is 0.245 e. The Morgan fingerprint density at radius 1 is 1.73 bits per heavy atom. The molecule has 15 heavy (non-hydrogen) atoms. The summed E-state index contributed by atoms with van der Waals surface area (Å²) < 4.78 is 1.60. The van der Waals surface area contributed by atoms with Crippen LogP contribution >= 0.6 is 0 Å². The smallest absolute Gasteiger partial charge is 0.245 e. The van der Waals surface area contributed by atoms with Crippen LogP contribution in [-0.4, -0.2) is 40.0 Å². The number of nitrogens with two attached hydrogens (primary N) is 1. The van der Waals surface area contributed by atoms with Gasteiger partial charge in [0.1, 0.15) is 6.61 Å². The number of aliphatic hydroxyl groups excluding tert-OH is 1. The van der Waals surface area contributed by atoms with E-state index in [0.717, 1.165) is 0 Å². The average Bonchev–Trinajstić information content (AvgIpc) is 2.64. The van der Waals surface area contributed by atoms with E-state index in [0.29, 0.717) is 6.54 Å². The van der Waals surface area contributed by atoms with Crippen LogP contribution in [0.5, 0.6) is 0 Å². The van der Waals surface area contributed by atoms with E-state index in [4.69, 9.17) is 5.73 Å². The van der Waals surface area contributed by atoms with Crippen LogP contribution in [0, 0.1) is 0 Å². The zero-order valence-corrected chi connectivity index (χ0v) is 8.17. The van der Waals surface area contributed by atoms with E-state index in [2.05, 4.69) is 15.4 Å². The normalized spacial score (nSPS) is 12.6. The minimum Gasteiger partial charge on any atom is -0.390 e. The van der Waals surface area contributed by atoms with E-state index >= 15 is 0 Å². The van der Waals surface area contributed by atoms with Crippen molar-refractivity contribution in [1.29, 1.82) is 0 Å². The van der Waals surface area contributed by atoms with Gasteiger partial charge in [0, 0.05) is 18.9 Å². The van der Waals surface area contributed by atoms with Crippen LogP contribution in [0.25, 0.3) is 0 Å². The summed E-state index contributed by atoms with van der Waals surface area (Å²) in [4.78, 5) is 15.0. The molecule has 1 unspecified atom stereocenters. The minimum atomic E-state index is -0.641. The van der Waals surface area contributed by atoms with Gasteiger partial charge in [-0.1, -0.05) is 0 Å². The van der Waals surface area contributed by atoms with Gasteiger partial charge in [-0.2, -0.15) is 10.6 Å². The fourth-order valence-corrected chi connectivity index (χ4v) is 0.966. The number of nitrogens with one attached hydrogen (secondary N) is 1. The fourth-order valence-electron chi connectivity index (χ4n) is 0.966. The highest BCUT2D eigenvalue weighted by Gasteiger charge is 2.05. The first kappa shape index (κ1) is 11.6. The van der Waals surface area contributed by atoms with E-state index in [1.807, 2.05) is 0 Å². The maximum atomic E-state index is 10.3. The van der Waals surface area contributed by atoms with Crippen LogP contribution in [0.15, 0.2) is 18.5 Å². The lowest BCUT2D eigenvalue weighted by molar-refractivity contribution is -0.125. The van der Waals surface area contributed by atoms with Crippen molar-refractivity contribution in [2.45, 2.75) is 12.6 Å². The first-order chi connectivity index (χ1) is 7.18. The Morgan fingerprint density at radius 3 is 3.13 bits per heavy atom. The summed E-state index contributed by atoms with van der Waals surface area (Å²) in [5.41, 5.74) is 7.28. The van der Waals surface area contributed by atoms with E-state index in [9.17, 15) is 9.90 Å². The van der Waals surface area contributed by atoms with E-state index in [-0.39, 0.29) is 13.2 Å². The summed E-state index contributed by atoms with van der Waals surface area (Å²) in [7, 11) is 0. The highest BCUT2D eigenvalue weighted by Crippen LogP contribution is 1.89. The molecule has 0 aromatic carbocycles. The lowest BCUT2D eigenvalue weighted by Gasteiger charge is -2.11. The van der Waals surface area contributed by atoms with Crippen molar-refractivity contribution in [2.24, 2.45) is 5.73 Å². The van der Waals surface area contributed by atoms with Crippen LogP contribution in [-0.2, 0) is 16.2 Å². The first-order valence-corrected chi connectivity index (χ1v) is 4.47. The molecule has 1 atom stereocenters. The number of hydrogen-bond acceptors (Lipinski definition) is 5. The Labute approximate surface area is 86.8 Å². The van der Waals surface area contributed by atoms with Gasteiger partial charge in [-0.15, -0.1) is 0 Å². The molecular weight excluding hydrogens is 200 g/mol. The molecule has 1 aromatic heterocycles. The summed E-state index contributed by atoms with van der Waals surface area (Å²) in [6, 6.07) is 1.77. The molecular formula is C8H14N4O3. The lowest BCUT2D eigenvalue weighted by Crippen LogP contribution is -2.33. The number of hydroxylamine groups is 1. The Hall–Kier alpha value is -1.44. The molecule has 1 aromatic rings. The molecule has 4 N–H and O–H groups in total. The maximum absolute atomic E-state index is 10.3. The average molecular weight is 214 g/mol. The van der Waals surface area contributed by atoms with Gasteiger partial charge >= 0.3 is 0 Å². The minimum absolute atomic E-state index is 0.202. The third-order valence-electron chi connectivity index (χ3n) is 1.59. The van der Waals surface area contributed by atoms with Crippen molar-refractivity contribution in [2.75, 3.05) is 13.2 Å². The second kappa shape index (κ2) is 6.12. The number of nitrogens with zero attached hydrogens (tertiary/aromatic N) is 2. The number of hydrogen-bond donors (Lipinski definition) is 3. The summed E-state index contributed by atoms with van der Waals surface area (Å²) >= 11 is 0. The van der Waals surface area contributed by atoms with Crippen molar-refractivity contribution < 1.29 is 14.7 Å². The fraction of sp³-hybridized carbons (Fsp3) is 0.500. The molecule has 0 aliphatic rings. The number of primary amides is 1. The van der Waals surface area contributed by atoms with E-state index < -0.39 is 12.0 Å². The van der Waals surface area contributed by atoms with Crippen LogP contribution in [0.4, 0.5) is 0 Å². The van der Waals surface area contributed by atoms with Gasteiger partial charge in [0.2, 0.25) is 5.91 Å². The molecule has 7 heteroatoms. The van der Waals surface area contributed by atoms with Gasteiger partial charge in [-0.3, -0.25) is 14.3 Å². The monoisotopic (exact) mass is 214 g/mol. The number of rotatable bonds is 7. The largest absolute Gasteiger partial charge is 0.390 e. The van der Waals surface area contributed by atoms with Gasteiger partial charge in [0.25, 0.3) is 0 Å². The standard InChI is InChI=1S/C8H14N4O3/c9-8(14)6-15-11-4-7(13)5-12-3-1-2-10-12/h1-3,7,11,13H,4-6H2,(H2,9,14). The third-order valence-corrected chi connectivity index (χ3v) is 1.59. The molecule has 0 bridgehead atoms. The van der Waals surface area contributed by atoms with E-state index in [1.54, 1.807) is 23.1 Å². The van der Waals surface area contributed by atoms with Crippen LogP contribution in [0.3, 0.4) is 0 Å². The molecule has 7 nitrogen and oxygen atoms in total. The topological polar surface area (TPSA) is 102 Å². The predicted octanol–water partition coefficient (Wildman–Crippen LogP) is -1.75. The van der Waals surface area contributed by atoms with Crippen molar-refractivity contribution in [3.63, 3.8) is 0 Å². The van der Waals surface area contributed by atoms with Crippen LogP contribution < -0.4 is 11.2 Å². The zero-order chi connectivity index (χ0) is 11.1. The summed E-state index contributed by atoms with van der Waals surface area (Å²) in [6.45, 7) is 0.349. The Kier molecular flexibility index (Phi) is 4.75. The number of aromatic nitrogens is 2. The molecule has 1 amide bonds. The second-order valence-electron chi connectivity index (χ2n) is 2.99. The number of aliphatic hydroxyl groups is 1. The van der Waals surface area contributed by atoms with E-state index in [1.165, 1.54) is 0 Å². The number of amides is 1. The zero-order valence-electron chi connectivity index (χ0n) is 8.17. The van der Waals surface area contributed by atoms with Crippen LogP contribution in [0.1, 0.15) is 0 Å². The first-order valence-electron chi connectivity index (χ1n) is 4.47. The lowest BCUT2D eigenvalue weighted by atomic mass is 10.3. The van der Waals surface area contributed by atoms with Crippen molar-refractivity contribution in [1.82, 2.24) is 15.3 Å². The Bertz CT molecular complexity index is 288. The van der Waals surface area contributed by atoms with Gasteiger partial charge < -0.3 is 10.8 Å².